The van der Waals surface area contributed by atoms with Crippen molar-refractivity contribution in [3.8, 4) is 5.75 Å². The van der Waals surface area contributed by atoms with Crippen LogP contribution in [0.2, 0.25) is 0 Å². The summed E-state index contributed by atoms with van der Waals surface area (Å²) < 4.78 is 0. The van der Waals surface area contributed by atoms with Gasteiger partial charge in [0.25, 0.3) is 5.91 Å². The number of aromatic hydroxyl groups is 1. The molecule has 1 aromatic rings. The fourth-order valence-electron chi connectivity index (χ4n) is 1.39. The fraction of sp³-hybridized carbons (Fsp3) is 0.462. The minimum atomic E-state index is -0.158. The Morgan fingerprint density at radius 2 is 1.75 bits per heavy atom. The average Bonchev–Trinajstić information content (AvgIpc) is 2.29. The molecule has 0 bridgehead atoms. The van der Waals surface area contributed by atoms with Gasteiger partial charge in [-0.3, -0.25) is 4.79 Å². The quantitative estimate of drug-likeness (QED) is 0.821. The minimum Gasteiger partial charge on any atom is -0.508 e. The Labute approximate surface area is 96.5 Å². The summed E-state index contributed by atoms with van der Waals surface area (Å²) in [7, 11) is 0. The molecule has 0 aliphatic rings. The molecule has 3 nitrogen and oxygen atoms in total. The van der Waals surface area contributed by atoms with Crippen molar-refractivity contribution in [1.82, 2.24) is 5.32 Å². The summed E-state index contributed by atoms with van der Waals surface area (Å²) in [6.07, 6.45) is 1.79. The molecular formula is C13H19NO2. The van der Waals surface area contributed by atoms with Crippen LogP contribution in [0.4, 0.5) is 0 Å². The third kappa shape index (κ3) is 2.99. The highest BCUT2D eigenvalue weighted by molar-refractivity contribution is 5.94. The van der Waals surface area contributed by atoms with Crippen LogP contribution in [-0.2, 0) is 0 Å². The highest BCUT2D eigenvalue weighted by atomic mass is 16.3. The first-order chi connectivity index (χ1) is 7.50. The zero-order valence-corrected chi connectivity index (χ0v) is 10.1. The lowest BCUT2D eigenvalue weighted by Gasteiger charge is -2.28. The van der Waals surface area contributed by atoms with E-state index in [4.69, 9.17) is 5.11 Å². The van der Waals surface area contributed by atoms with Crippen molar-refractivity contribution in [3.05, 3.63) is 29.8 Å². The van der Waals surface area contributed by atoms with Gasteiger partial charge in [0.2, 0.25) is 0 Å². The van der Waals surface area contributed by atoms with Gasteiger partial charge in [-0.05, 0) is 44.0 Å². The second kappa shape index (κ2) is 5.01. The maximum atomic E-state index is 11.9. The molecule has 0 radical (unpaired) electrons. The largest absolute Gasteiger partial charge is 0.508 e. The van der Waals surface area contributed by atoms with E-state index >= 15 is 0 Å². The molecule has 0 saturated carbocycles. The molecule has 0 aliphatic carbocycles. The van der Waals surface area contributed by atoms with Gasteiger partial charge in [-0.15, -0.1) is 0 Å². The van der Waals surface area contributed by atoms with Gasteiger partial charge in [0.15, 0.2) is 0 Å². The molecular weight excluding hydrogens is 202 g/mol. The lowest BCUT2D eigenvalue weighted by atomic mass is 9.95. The van der Waals surface area contributed by atoms with Crippen molar-refractivity contribution in [2.24, 2.45) is 0 Å². The zero-order chi connectivity index (χ0) is 12.2. The number of benzene rings is 1. The molecule has 16 heavy (non-hydrogen) atoms. The van der Waals surface area contributed by atoms with E-state index in [0.717, 1.165) is 12.8 Å². The smallest absolute Gasteiger partial charge is 0.251 e. The molecule has 88 valence electrons. The van der Waals surface area contributed by atoms with Crippen LogP contribution >= 0.6 is 0 Å². The van der Waals surface area contributed by atoms with Crippen molar-refractivity contribution < 1.29 is 9.90 Å². The van der Waals surface area contributed by atoms with Crippen molar-refractivity contribution in [2.45, 2.75) is 39.2 Å². The Morgan fingerprint density at radius 1 is 1.25 bits per heavy atom. The number of carbonyl (C=O) groups excluding carboxylic acids is 1. The third-order valence-corrected chi connectivity index (χ3v) is 3.11. The van der Waals surface area contributed by atoms with Crippen molar-refractivity contribution >= 4 is 5.91 Å². The molecule has 0 spiro atoms. The van der Waals surface area contributed by atoms with Gasteiger partial charge in [0.05, 0.1) is 0 Å². The number of nitrogens with one attached hydrogen (secondary N) is 1. The molecule has 1 rings (SSSR count). The standard InChI is InChI=1S/C13H19NO2/c1-4-13(3,5-2)14-12(16)10-6-8-11(15)9-7-10/h6-9,15H,4-5H2,1-3H3,(H,14,16). The van der Waals surface area contributed by atoms with E-state index in [-0.39, 0.29) is 17.2 Å². The summed E-state index contributed by atoms with van der Waals surface area (Å²) in [6, 6.07) is 6.28. The van der Waals surface area contributed by atoms with E-state index in [1.54, 1.807) is 12.1 Å². The first kappa shape index (κ1) is 12.6. The number of amides is 1. The molecule has 2 N–H and O–H groups in total. The van der Waals surface area contributed by atoms with Crippen LogP contribution in [0, 0.1) is 0 Å². The van der Waals surface area contributed by atoms with Crippen molar-refractivity contribution in [3.63, 3.8) is 0 Å². The van der Waals surface area contributed by atoms with E-state index < -0.39 is 0 Å². The number of phenolic OH excluding ortho intramolecular Hbond substituents is 1. The van der Waals surface area contributed by atoms with Gasteiger partial charge in [-0.25, -0.2) is 0 Å². The Balaban J connectivity index is 2.76. The molecule has 0 fully saturated rings. The first-order valence-electron chi connectivity index (χ1n) is 5.62. The van der Waals surface area contributed by atoms with Gasteiger partial charge in [-0.1, -0.05) is 13.8 Å². The van der Waals surface area contributed by atoms with Gasteiger partial charge in [0, 0.05) is 11.1 Å². The number of hydrogen-bond acceptors (Lipinski definition) is 2. The van der Waals surface area contributed by atoms with E-state index in [1.807, 2.05) is 6.92 Å². The molecule has 1 aromatic carbocycles. The van der Waals surface area contributed by atoms with Crippen LogP contribution in [0.3, 0.4) is 0 Å². The molecule has 0 saturated heterocycles. The summed E-state index contributed by atoms with van der Waals surface area (Å²) in [5.74, 6) is 0.0801. The summed E-state index contributed by atoms with van der Waals surface area (Å²) in [5, 5.41) is 12.1. The summed E-state index contributed by atoms with van der Waals surface area (Å²) in [5.41, 5.74) is 0.417. The Bertz CT molecular complexity index is 353. The zero-order valence-electron chi connectivity index (χ0n) is 10.1. The second-order valence-electron chi connectivity index (χ2n) is 4.27. The van der Waals surface area contributed by atoms with Gasteiger partial charge in [-0.2, -0.15) is 0 Å². The lowest BCUT2D eigenvalue weighted by Crippen LogP contribution is -2.44. The predicted octanol–water partition coefficient (Wildman–Crippen LogP) is 2.70. The number of rotatable bonds is 4. The monoisotopic (exact) mass is 221 g/mol. The lowest BCUT2D eigenvalue weighted by molar-refractivity contribution is 0.0901. The highest BCUT2D eigenvalue weighted by Crippen LogP contribution is 2.16. The van der Waals surface area contributed by atoms with E-state index in [0.29, 0.717) is 5.56 Å². The van der Waals surface area contributed by atoms with E-state index in [2.05, 4.69) is 19.2 Å². The SMILES string of the molecule is CCC(C)(CC)NC(=O)c1ccc(O)cc1. The highest BCUT2D eigenvalue weighted by Gasteiger charge is 2.22. The second-order valence-corrected chi connectivity index (χ2v) is 4.27. The molecule has 1 amide bonds. The molecule has 0 atom stereocenters. The van der Waals surface area contributed by atoms with E-state index in [1.165, 1.54) is 12.1 Å². The molecule has 0 unspecified atom stereocenters. The molecule has 3 heteroatoms. The van der Waals surface area contributed by atoms with Crippen molar-refractivity contribution in [1.29, 1.82) is 0 Å². The molecule has 0 aliphatic heterocycles. The number of carbonyl (C=O) groups is 1. The Kier molecular flexibility index (Phi) is 3.93. The maximum Gasteiger partial charge on any atom is 0.251 e. The van der Waals surface area contributed by atoms with Gasteiger partial charge >= 0.3 is 0 Å². The van der Waals surface area contributed by atoms with Crippen LogP contribution in [0.5, 0.6) is 5.75 Å². The first-order valence-corrected chi connectivity index (χ1v) is 5.62. The third-order valence-electron chi connectivity index (χ3n) is 3.11. The van der Waals surface area contributed by atoms with Crippen LogP contribution < -0.4 is 5.32 Å². The Hall–Kier alpha value is -1.51. The van der Waals surface area contributed by atoms with E-state index in [9.17, 15) is 4.79 Å². The van der Waals surface area contributed by atoms with Crippen molar-refractivity contribution in [2.75, 3.05) is 0 Å². The Morgan fingerprint density at radius 3 is 2.19 bits per heavy atom. The van der Waals surface area contributed by atoms with Gasteiger partial charge in [0.1, 0.15) is 5.75 Å². The number of hydrogen-bond donors (Lipinski definition) is 2. The normalized spacial score (nSPS) is 11.2. The van der Waals surface area contributed by atoms with Gasteiger partial charge < -0.3 is 10.4 Å². The topological polar surface area (TPSA) is 49.3 Å². The molecule has 0 heterocycles. The maximum absolute atomic E-state index is 11.9. The average molecular weight is 221 g/mol. The fourth-order valence-corrected chi connectivity index (χ4v) is 1.39. The van der Waals surface area contributed by atoms with Crippen LogP contribution in [0.15, 0.2) is 24.3 Å². The number of phenols is 1. The van der Waals surface area contributed by atoms with Crippen LogP contribution in [0.1, 0.15) is 44.0 Å². The van der Waals surface area contributed by atoms with Crippen LogP contribution in [0.25, 0.3) is 0 Å². The summed E-state index contributed by atoms with van der Waals surface area (Å²) in [6.45, 7) is 6.15. The predicted molar refractivity (Wildman–Crippen MR) is 64.6 cm³/mol. The summed E-state index contributed by atoms with van der Waals surface area (Å²) in [4.78, 5) is 11.9. The minimum absolute atomic E-state index is 0.0915. The summed E-state index contributed by atoms with van der Waals surface area (Å²) >= 11 is 0. The van der Waals surface area contributed by atoms with Crippen LogP contribution in [-0.4, -0.2) is 16.6 Å². The molecule has 0 aromatic heterocycles.